The molecule has 0 unspecified atom stereocenters. The molecule has 1 aliphatic rings. The van der Waals surface area contributed by atoms with Crippen LogP contribution in [-0.2, 0) is 24.2 Å². The zero-order chi connectivity index (χ0) is 18.3. The quantitative estimate of drug-likeness (QED) is 0.732. The Bertz CT molecular complexity index is 975. The van der Waals surface area contributed by atoms with Crippen molar-refractivity contribution in [2.45, 2.75) is 25.6 Å². The van der Waals surface area contributed by atoms with E-state index >= 15 is 0 Å². The number of nitrogens with zero attached hydrogens (tertiary/aromatic N) is 1. The number of halogens is 3. The highest BCUT2D eigenvalue weighted by Gasteiger charge is 2.43. The number of hydrogen-bond acceptors (Lipinski definition) is 1. The molecule has 0 bridgehead atoms. The molecule has 1 amide bonds. The van der Waals surface area contributed by atoms with Gasteiger partial charge in [-0.15, -0.1) is 0 Å². The van der Waals surface area contributed by atoms with E-state index in [2.05, 4.69) is 11.1 Å². The van der Waals surface area contributed by atoms with Gasteiger partial charge in [-0.2, -0.15) is 13.2 Å². The fourth-order valence-electron chi connectivity index (χ4n) is 3.60. The maximum atomic E-state index is 12.8. The first-order valence-corrected chi connectivity index (χ1v) is 8.43. The second kappa shape index (κ2) is 6.20. The highest BCUT2D eigenvalue weighted by Crippen LogP contribution is 2.28. The van der Waals surface area contributed by atoms with E-state index in [-0.39, 0.29) is 13.1 Å². The number of aromatic nitrogens is 1. The molecule has 2 heterocycles. The summed E-state index contributed by atoms with van der Waals surface area (Å²) >= 11 is 0. The van der Waals surface area contributed by atoms with Crippen LogP contribution in [-0.4, -0.2) is 28.5 Å². The average molecular weight is 358 g/mol. The second-order valence-electron chi connectivity index (χ2n) is 6.61. The summed E-state index contributed by atoms with van der Waals surface area (Å²) in [7, 11) is 0. The van der Waals surface area contributed by atoms with Crippen molar-refractivity contribution < 1.29 is 18.0 Å². The monoisotopic (exact) mass is 358 g/mol. The molecule has 1 aromatic heterocycles. The molecule has 6 heteroatoms. The fourth-order valence-corrected chi connectivity index (χ4v) is 3.60. The van der Waals surface area contributed by atoms with Gasteiger partial charge in [-0.1, -0.05) is 24.3 Å². The summed E-state index contributed by atoms with van der Waals surface area (Å²) in [5.74, 6) is -1.76. The highest BCUT2D eigenvalue weighted by atomic mass is 19.4. The van der Waals surface area contributed by atoms with Gasteiger partial charge in [0.05, 0.1) is 0 Å². The normalized spacial score (nSPS) is 14.5. The number of amides is 1. The summed E-state index contributed by atoms with van der Waals surface area (Å²) in [4.78, 5) is 15.7. The van der Waals surface area contributed by atoms with E-state index in [0.717, 1.165) is 38.1 Å². The van der Waals surface area contributed by atoms with Gasteiger partial charge in [-0.25, -0.2) is 0 Å². The van der Waals surface area contributed by atoms with Crippen molar-refractivity contribution in [1.82, 2.24) is 9.88 Å². The molecule has 0 aliphatic carbocycles. The number of fused-ring (bicyclic) bond motifs is 2. The Balaban J connectivity index is 1.63. The van der Waals surface area contributed by atoms with E-state index in [1.54, 1.807) is 0 Å². The molecule has 26 heavy (non-hydrogen) atoms. The Hall–Kier alpha value is -2.76. The number of benzene rings is 2. The van der Waals surface area contributed by atoms with Gasteiger partial charge in [0.25, 0.3) is 0 Å². The van der Waals surface area contributed by atoms with Crippen LogP contribution in [0.3, 0.4) is 0 Å². The predicted molar refractivity (Wildman–Crippen MR) is 92.7 cm³/mol. The van der Waals surface area contributed by atoms with Crippen LogP contribution in [0.5, 0.6) is 0 Å². The molecule has 0 fully saturated rings. The molecule has 0 spiro atoms. The largest absolute Gasteiger partial charge is 0.471 e. The van der Waals surface area contributed by atoms with Gasteiger partial charge in [-0.3, -0.25) is 4.79 Å². The standard InChI is InChI=1S/C20H17F3N2O/c21-20(22,23)19(26)25-9-7-14-2-1-3-15(17(14)12-25)10-13-4-5-18-16(11-13)6-8-24-18/h1-6,8,11,24H,7,9-10,12H2. The molecule has 0 radical (unpaired) electrons. The number of hydrogen-bond donors (Lipinski definition) is 1. The number of H-pyrrole nitrogens is 1. The van der Waals surface area contributed by atoms with E-state index in [1.165, 1.54) is 0 Å². The minimum atomic E-state index is -4.83. The Morgan fingerprint density at radius 2 is 2.00 bits per heavy atom. The first-order chi connectivity index (χ1) is 12.4. The number of alkyl halides is 3. The maximum Gasteiger partial charge on any atom is 0.471 e. The molecule has 134 valence electrons. The first-order valence-electron chi connectivity index (χ1n) is 8.43. The molecule has 3 aromatic rings. The minimum Gasteiger partial charge on any atom is -0.361 e. The van der Waals surface area contributed by atoms with E-state index in [4.69, 9.17) is 0 Å². The number of nitrogens with one attached hydrogen (secondary N) is 1. The van der Waals surface area contributed by atoms with Crippen molar-refractivity contribution >= 4 is 16.8 Å². The van der Waals surface area contributed by atoms with E-state index in [0.29, 0.717) is 12.8 Å². The zero-order valence-electron chi connectivity index (χ0n) is 13.9. The number of aromatic amines is 1. The number of carbonyl (C=O) groups is 1. The second-order valence-corrected chi connectivity index (χ2v) is 6.61. The molecule has 0 saturated carbocycles. The first kappa shape index (κ1) is 16.7. The average Bonchev–Trinajstić information content (AvgIpc) is 3.08. The van der Waals surface area contributed by atoms with Gasteiger partial charge in [0.15, 0.2) is 0 Å². The van der Waals surface area contributed by atoms with Gasteiger partial charge in [0.1, 0.15) is 0 Å². The summed E-state index contributed by atoms with van der Waals surface area (Å²) in [5.41, 5.74) is 4.97. The molecule has 1 aliphatic heterocycles. The molecule has 3 nitrogen and oxygen atoms in total. The van der Waals surface area contributed by atoms with Gasteiger partial charge in [-0.05, 0) is 58.7 Å². The van der Waals surface area contributed by atoms with Crippen molar-refractivity contribution in [1.29, 1.82) is 0 Å². The lowest BCUT2D eigenvalue weighted by atomic mass is 9.91. The van der Waals surface area contributed by atoms with Crippen molar-refractivity contribution in [3.05, 3.63) is 70.9 Å². The van der Waals surface area contributed by atoms with E-state index in [9.17, 15) is 18.0 Å². The lowest BCUT2D eigenvalue weighted by Gasteiger charge is -2.31. The molecular formula is C20H17F3N2O. The maximum absolute atomic E-state index is 12.8. The summed E-state index contributed by atoms with van der Waals surface area (Å²) in [6, 6.07) is 13.9. The van der Waals surface area contributed by atoms with Gasteiger partial charge >= 0.3 is 12.1 Å². The minimum absolute atomic E-state index is 0.0102. The third kappa shape index (κ3) is 3.07. The van der Waals surface area contributed by atoms with Gasteiger partial charge in [0.2, 0.25) is 0 Å². The molecule has 0 atom stereocenters. The summed E-state index contributed by atoms with van der Waals surface area (Å²) < 4.78 is 38.3. The third-order valence-electron chi connectivity index (χ3n) is 4.91. The molecular weight excluding hydrogens is 341 g/mol. The van der Waals surface area contributed by atoms with Crippen LogP contribution >= 0.6 is 0 Å². The lowest BCUT2D eigenvalue weighted by Crippen LogP contribution is -2.44. The summed E-state index contributed by atoms with van der Waals surface area (Å²) in [6.45, 7) is 0.111. The predicted octanol–water partition coefficient (Wildman–Crippen LogP) is 4.21. The van der Waals surface area contributed by atoms with Gasteiger partial charge in [0, 0.05) is 24.8 Å². The van der Waals surface area contributed by atoms with Crippen LogP contribution in [0.2, 0.25) is 0 Å². The van der Waals surface area contributed by atoms with Crippen molar-refractivity contribution in [3.63, 3.8) is 0 Å². The Morgan fingerprint density at radius 3 is 2.81 bits per heavy atom. The topological polar surface area (TPSA) is 36.1 Å². The van der Waals surface area contributed by atoms with E-state index in [1.807, 2.05) is 42.6 Å². The van der Waals surface area contributed by atoms with Crippen LogP contribution in [0.15, 0.2) is 48.7 Å². The number of rotatable bonds is 2. The zero-order valence-corrected chi connectivity index (χ0v) is 13.9. The van der Waals surface area contributed by atoms with Crippen LogP contribution in [0.25, 0.3) is 10.9 Å². The Kier molecular flexibility index (Phi) is 3.98. The van der Waals surface area contributed by atoms with E-state index < -0.39 is 12.1 Å². The third-order valence-corrected chi connectivity index (χ3v) is 4.91. The Morgan fingerprint density at radius 1 is 1.15 bits per heavy atom. The van der Waals surface area contributed by atoms with Crippen molar-refractivity contribution in [2.24, 2.45) is 0 Å². The highest BCUT2D eigenvalue weighted by molar-refractivity contribution is 5.82. The van der Waals surface area contributed by atoms with Crippen LogP contribution < -0.4 is 0 Å². The van der Waals surface area contributed by atoms with Crippen LogP contribution in [0.4, 0.5) is 13.2 Å². The fraction of sp³-hybridized carbons (Fsp3) is 0.250. The molecule has 1 N–H and O–H groups in total. The SMILES string of the molecule is O=C(N1CCc2cccc(Cc3ccc4[nH]ccc4c3)c2C1)C(F)(F)F. The lowest BCUT2D eigenvalue weighted by molar-refractivity contribution is -0.186. The Labute approximate surface area is 148 Å². The van der Waals surface area contributed by atoms with Crippen molar-refractivity contribution in [2.75, 3.05) is 6.54 Å². The van der Waals surface area contributed by atoms with Crippen LogP contribution in [0, 0.1) is 0 Å². The summed E-state index contributed by atoms with van der Waals surface area (Å²) in [5, 5.41) is 1.10. The van der Waals surface area contributed by atoms with Crippen molar-refractivity contribution in [3.8, 4) is 0 Å². The smallest absolute Gasteiger partial charge is 0.361 e. The molecule has 0 saturated heterocycles. The number of carbonyl (C=O) groups excluding carboxylic acids is 1. The molecule has 2 aromatic carbocycles. The summed E-state index contributed by atoms with van der Waals surface area (Å²) in [6.07, 6.45) is -1.88. The molecule has 4 rings (SSSR count). The van der Waals surface area contributed by atoms with Crippen LogP contribution in [0.1, 0.15) is 22.3 Å². The van der Waals surface area contributed by atoms with Gasteiger partial charge < -0.3 is 9.88 Å².